The molecule has 2 rings (SSSR count). The molecular weight excluding hydrogens is 306 g/mol. The van der Waals surface area contributed by atoms with Crippen LogP contribution < -0.4 is 15.4 Å². The van der Waals surface area contributed by atoms with Crippen LogP contribution in [0.4, 0.5) is 5.69 Å². The standard InChI is InChI=1S/C15H21N3O3.ClH/c1-11(9-16)17(2)14(19)7-8-18-12-5-3-4-6-13(12)21-10-15(18)20;/h3-6,11H,7-10,16H2,1-2H3;1H. The van der Waals surface area contributed by atoms with Crippen molar-refractivity contribution in [1.29, 1.82) is 0 Å². The molecule has 0 radical (unpaired) electrons. The van der Waals surface area contributed by atoms with E-state index < -0.39 is 0 Å². The van der Waals surface area contributed by atoms with Crippen molar-refractivity contribution in [1.82, 2.24) is 4.90 Å². The maximum atomic E-state index is 12.1. The van der Waals surface area contributed by atoms with E-state index in [0.717, 1.165) is 5.69 Å². The molecule has 0 aliphatic carbocycles. The lowest BCUT2D eigenvalue weighted by Crippen LogP contribution is -2.43. The largest absolute Gasteiger partial charge is 0.482 e. The van der Waals surface area contributed by atoms with Crippen LogP contribution in [0.2, 0.25) is 0 Å². The fourth-order valence-corrected chi connectivity index (χ4v) is 2.19. The van der Waals surface area contributed by atoms with Crippen LogP contribution in [-0.2, 0) is 9.59 Å². The number of hydrogen-bond acceptors (Lipinski definition) is 4. The zero-order valence-electron chi connectivity index (χ0n) is 12.8. The van der Waals surface area contributed by atoms with Crippen molar-refractivity contribution in [2.45, 2.75) is 19.4 Å². The number of hydrogen-bond donors (Lipinski definition) is 1. The molecule has 0 saturated heterocycles. The molecule has 1 aromatic carbocycles. The molecule has 7 heteroatoms. The second-order valence-corrected chi connectivity index (χ2v) is 5.14. The average Bonchev–Trinajstić information content (AvgIpc) is 2.52. The van der Waals surface area contributed by atoms with E-state index in [0.29, 0.717) is 18.8 Å². The number of para-hydroxylation sites is 2. The van der Waals surface area contributed by atoms with Crippen LogP contribution in [0.1, 0.15) is 13.3 Å². The smallest absolute Gasteiger partial charge is 0.265 e. The summed E-state index contributed by atoms with van der Waals surface area (Å²) in [6.07, 6.45) is 0.265. The number of benzene rings is 1. The monoisotopic (exact) mass is 327 g/mol. The number of likely N-dealkylation sites (N-methyl/N-ethyl adjacent to an activating group) is 1. The van der Waals surface area contributed by atoms with E-state index in [-0.39, 0.29) is 43.3 Å². The van der Waals surface area contributed by atoms with Crippen molar-refractivity contribution in [3.05, 3.63) is 24.3 Å². The molecule has 1 atom stereocenters. The predicted octanol–water partition coefficient (Wildman–Crippen LogP) is 1.03. The number of carbonyl (C=O) groups is 2. The summed E-state index contributed by atoms with van der Waals surface area (Å²) in [5.74, 6) is 0.522. The normalized spacial score (nSPS) is 14.5. The van der Waals surface area contributed by atoms with E-state index in [1.165, 1.54) is 0 Å². The summed E-state index contributed by atoms with van der Waals surface area (Å²) >= 11 is 0. The summed E-state index contributed by atoms with van der Waals surface area (Å²) in [5, 5.41) is 0. The first kappa shape index (κ1) is 18.3. The Morgan fingerprint density at radius 1 is 1.45 bits per heavy atom. The molecule has 1 unspecified atom stereocenters. The molecular formula is C15H22ClN3O3. The molecule has 1 aromatic rings. The van der Waals surface area contributed by atoms with Gasteiger partial charge in [0, 0.05) is 32.6 Å². The van der Waals surface area contributed by atoms with Gasteiger partial charge in [-0.25, -0.2) is 0 Å². The molecule has 2 amide bonds. The lowest BCUT2D eigenvalue weighted by molar-refractivity contribution is -0.131. The van der Waals surface area contributed by atoms with Gasteiger partial charge in [0.2, 0.25) is 5.91 Å². The first-order valence-corrected chi connectivity index (χ1v) is 7.02. The van der Waals surface area contributed by atoms with E-state index in [1.54, 1.807) is 16.8 Å². The SMILES string of the molecule is CC(CN)N(C)C(=O)CCN1C(=O)COc2ccccc21.Cl. The molecule has 0 spiro atoms. The van der Waals surface area contributed by atoms with Gasteiger partial charge in [0.1, 0.15) is 5.75 Å². The molecule has 1 aliphatic rings. The van der Waals surface area contributed by atoms with Gasteiger partial charge in [-0.3, -0.25) is 9.59 Å². The molecule has 0 bridgehead atoms. The number of amides is 2. The zero-order chi connectivity index (χ0) is 15.4. The lowest BCUT2D eigenvalue weighted by Gasteiger charge is -2.30. The van der Waals surface area contributed by atoms with Crippen LogP contribution in [0.15, 0.2) is 24.3 Å². The van der Waals surface area contributed by atoms with Crippen LogP contribution in [0, 0.1) is 0 Å². The lowest BCUT2D eigenvalue weighted by atomic mass is 10.2. The van der Waals surface area contributed by atoms with Crippen molar-refractivity contribution in [2.24, 2.45) is 5.73 Å². The molecule has 0 fully saturated rings. The fourth-order valence-electron chi connectivity index (χ4n) is 2.19. The van der Waals surface area contributed by atoms with Crippen LogP contribution >= 0.6 is 12.4 Å². The highest BCUT2D eigenvalue weighted by atomic mass is 35.5. The van der Waals surface area contributed by atoms with Crippen LogP contribution in [0.25, 0.3) is 0 Å². The highest BCUT2D eigenvalue weighted by Gasteiger charge is 2.26. The Labute approximate surface area is 136 Å². The number of fused-ring (bicyclic) bond motifs is 1. The molecule has 0 aromatic heterocycles. The Hall–Kier alpha value is -1.79. The van der Waals surface area contributed by atoms with Crippen molar-refractivity contribution in [3.8, 4) is 5.75 Å². The summed E-state index contributed by atoms with van der Waals surface area (Å²) in [4.78, 5) is 27.3. The minimum atomic E-state index is -0.129. The molecule has 6 nitrogen and oxygen atoms in total. The Morgan fingerprint density at radius 2 is 2.14 bits per heavy atom. The van der Waals surface area contributed by atoms with E-state index in [1.807, 2.05) is 31.2 Å². The Balaban J connectivity index is 0.00000242. The Kier molecular flexibility index (Phi) is 6.64. The van der Waals surface area contributed by atoms with Gasteiger partial charge in [0.15, 0.2) is 6.61 Å². The molecule has 22 heavy (non-hydrogen) atoms. The number of ether oxygens (including phenoxy) is 1. The van der Waals surface area contributed by atoms with E-state index >= 15 is 0 Å². The summed E-state index contributed by atoms with van der Waals surface area (Å²) < 4.78 is 5.37. The van der Waals surface area contributed by atoms with Gasteiger partial charge in [0.25, 0.3) is 5.91 Å². The average molecular weight is 328 g/mol. The topological polar surface area (TPSA) is 75.9 Å². The Morgan fingerprint density at radius 3 is 2.82 bits per heavy atom. The third-order valence-electron chi connectivity index (χ3n) is 3.75. The highest BCUT2D eigenvalue weighted by Crippen LogP contribution is 2.31. The number of nitrogens with zero attached hydrogens (tertiary/aromatic N) is 2. The second kappa shape index (κ2) is 8.00. The number of nitrogens with two attached hydrogens (primary N) is 1. The molecule has 2 N–H and O–H groups in total. The summed E-state index contributed by atoms with van der Waals surface area (Å²) in [6.45, 7) is 2.68. The second-order valence-electron chi connectivity index (χ2n) is 5.14. The van der Waals surface area contributed by atoms with Gasteiger partial charge >= 0.3 is 0 Å². The molecule has 0 saturated carbocycles. The Bertz CT molecular complexity index is 539. The van der Waals surface area contributed by atoms with Gasteiger partial charge in [-0.1, -0.05) is 12.1 Å². The van der Waals surface area contributed by atoms with Gasteiger partial charge in [0.05, 0.1) is 5.69 Å². The van der Waals surface area contributed by atoms with Crippen LogP contribution in [0.3, 0.4) is 0 Å². The quantitative estimate of drug-likeness (QED) is 0.876. The number of carbonyl (C=O) groups excluding carboxylic acids is 2. The van der Waals surface area contributed by atoms with Gasteiger partial charge in [-0.2, -0.15) is 0 Å². The first-order chi connectivity index (χ1) is 10.0. The van der Waals surface area contributed by atoms with Crippen LogP contribution in [-0.4, -0.2) is 49.5 Å². The van der Waals surface area contributed by atoms with Gasteiger partial charge < -0.3 is 20.3 Å². The third-order valence-corrected chi connectivity index (χ3v) is 3.75. The summed E-state index contributed by atoms with van der Waals surface area (Å²) in [6, 6.07) is 7.33. The fraction of sp³-hybridized carbons (Fsp3) is 0.467. The van der Waals surface area contributed by atoms with Crippen LogP contribution in [0.5, 0.6) is 5.75 Å². The summed E-state index contributed by atoms with van der Waals surface area (Å²) in [7, 11) is 1.73. The van der Waals surface area contributed by atoms with Crippen molar-refractivity contribution >= 4 is 29.9 Å². The van der Waals surface area contributed by atoms with Gasteiger partial charge in [-0.15, -0.1) is 12.4 Å². The first-order valence-electron chi connectivity index (χ1n) is 7.02. The molecule has 1 heterocycles. The van der Waals surface area contributed by atoms with E-state index in [2.05, 4.69) is 0 Å². The van der Waals surface area contributed by atoms with Crippen molar-refractivity contribution < 1.29 is 14.3 Å². The number of rotatable bonds is 5. The van der Waals surface area contributed by atoms with E-state index in [4.69, 9.17) is 10.5 Å². The third kappa shape index (κ3) is 3.90. The maximum Gasteiger partial charge on any atom is 0.265 e. The zero-order valence-corrected chi connectivity index (χ0v) is 13.6. The molecule has 1 aliphatic heterocycles. The minimum Gasteiger partial charge on any atom is -0.482 e. The molecule has 122 valence electrons. The van der Waals surface area contributed by atoms with Crippen molar-refractivity contribution in [3.63, 3.8) is 0 Å². The maximum absolute atomic E-state index is 12.1. The van der Waals surface area contributed by atoms with E-state index in [9.17, 15) is 9.59 Å². The predicted molar refractivity (Wildman–Crippen MR) is 87.4 cm³/mol. The number of halogens is 1. The van der Waals surface area contributed by atoms with Gasteiger partial charge in [-0.05, 0) is 19.1 Å². The summed E-state index contributed by atoms with van der Waals surface area (Å²) in [5.41, 5.74) is 6.28. The minimum absolute atomic E-state index is 0. The number of anilines is 1. The van der Waals surface area contributed by atoms with Crippen molar-refractivity contribution in [2.75, 3.05) is 31.6 Å². The highest BCUT2D eigenvalue weighted by molar-refractivity contribution is 5.98.